The fourth-order valence-corrected chi connectivity index (χ4v) is 4.83. The van der Waals surface area contributed by atoms with E-state index in [4.69, 9.17) is 4.74 Å². The zero-order chi connectivity index (χ0) is 20.3. The van der Waals surface area contributed by atoms with Gasteiger partial charge in [-0.3, -0.25) is 4.79 Å². The van der Waals surface area contributed by atoms with E-state index in [-0.39, 0.29) is 17.3 Å². The first-order valence-corrected chi connectivity index (χ1v) is 11.2. The lowest BCUT2D eigenvalue weighted by Gasteiger charge is -2.34. The summed E-state index contributed by atoms with van der Waals surface area (Å²) in [7, 11) is -3.81. The predicted octanol–water partition coefficient (Wildman–Crippen LogP) is 1.18. The lowest BCUT2D eigenvalue weighted by Crippen LogP contribution is -2.52. The number of fused-ring (bicyclic) bond motifs is 1. The molecule has 1 saturated heterocycles. The van der Waals surface area contributed by atoms with Crippen LogP contribution in [0.5, 0.6) is 0 Å². The molecule has 28 heavy (non-hydrogen) atoms. The molecule has 9 nitrogen and oxygen atoms in total. The molecule has 1 aromatic heterocycles. The molecular weight excluding hydrogens is 404 g/mol. The molecule has 0 bridgehead atoms. The quantitative estimate of drug-likeness (QED) is 0.769. The van der Waals surface area contributed by atoms with Crippen LogP contribution in [0.1, 0.15) is 11.9 Å². The van der Waals surface area contributed by atoms with Crippen molar-refractivity contribution in [1.82, 2.24) is 19.5 Å². The van der Waals surface area contributed by atoms with Gasteiger partial charge >= 0.3 is 6.09 Å². The Kier molecular flexibility index (Phi) is 6.16. The molecule has 0 atom stereocenters. The van der Waals surface area contributed by atoms with Crippen molar-refractivity contribution in [3.8, 4) is 0 Å². The highest BCUT2D eigenvalue weighted by atomic mass is 32.2. The number of nitrogens with one attached hydrogen (secondary N) is 1. The van der Waals surface area contributed by atoms with Crippen LogP contribution in [0.15, 0.2) is 23.1 Å². The minimum absolute atomic E-state index is 0.101. The summed E-state index contributed by atoms with van der Waals surface area (Å²) in [5.41, 5.74) is 0.747. The number of ether oxygens (including phenoxy) is 1. The van der Waals surface area contributed by atoms with Gasteiger partial charge in [-0.25, -0.2) is 22.9 Å². The summed E-state index contributed by atoms with van der Waals surface area (Å²) in [5.74, 6) is -0.332. The van der Waals surface area contributed by atoms with Crippen molar-refractivity contribution in [3.05, 3.63) is 23.2 Å². The van der Waals surface area contributed by atoms with Crippen LogP contribution in [-0.4, -0.2) is 74.5 Å². The first kappa shape index (κ1) is 20.5. The number of carbonyl (C=O) groups excluding carboxylic acids is 2. The summed E-state index contributed by atoms with van der Waals surface area (Å²) in [6.07, 6.45) is -0.399. The van der Waals surface area contributed by atoms with Crippen LogP contribution < -0.4 is 4.72 Å². The highest BCUT2D eigenvalue weighted by molar-refractivity contribution is 7.89. The lowest BCUT2D eigenvalue weighted by atomic mass is 10.3. The molecule has 1 N–H and O–H groups in total. The zero-order valence-electron chi connectivity index (χ0n) is 15.7. The third kappa shape index (κ3) is 4.59. The molecule has 2 amide bonds. The Balaban J connectivity index is 1.56. The first-order valence-electron chi connectivity index (χ1n) is 8.86. The maximum absolute atomic E-state index is 12.5. The fraction of sp³-hybridized carbons (Fsp3) is 0.471. The number of hydrogen-bond donors (Lipinski definition) is 1. The van der Waals surface area contributed by atoms with Crippen molar-refractivity contribution >= 4 is 43.6 Å². The molecule has 3 rings (SSSR count). The van der Waals surface area contributed by atoms with Gasteiger partial charge in [0.25, 0.3) is 0 Å². The molecule has 2 heterocycles. The molecule has 152 valence electrons. The molecule has 11 heteroatoms. The van der Waals surface area contributed by atoms with Crippen LogP contribution in [0.4, 0.5) is 4.79 Å². The van der Waals surface area contributed by atoms with Gasteiger partial charge < -0.3 is 14.5 Å². The zero-order valence-corrected chi connectivity index (χ0v) is 17.3. The average Bonchev–Trinajstić information content (AvgIpc) is 3.05. The first-order chi connectivity index (χ1) is 13.3. The summed E-state index contributed by atoms with van der Waals surface area (Å²) in [5, 5.41) is 0.856. The molecular formula is C17H22N4O5S2. The normalized spacial score (nSPS) is 15.1. The summed E-state index contributed by atoms with van der Waals surface area (Å²) in [6, 6.07) is 4.70. The third-order valence-electron chi connectivity index (χ3n) is 4.35. The van der Waals surface area contributed by atoms with Gasteiger partial charge in [0.15, 0.2) is 0 Å². The van der Waals surface area contributed by atoms with E-state index in [9.17, 15) is 18.0 Å². The second-order valence-corrected chi connectivity index (χ2v) is 9.26. The van der Waals surface area contributed by atoms with Gasteiger partial charge in [-0.2, -0.15) is 0 Å². The Morgan fingerprint density at radius 3 is 2.57 bits per heavy atom. The lowest BCUT2D eigenvalue weighted by molar-refractivity contribution is -0.131. The molecule has 1 fully saturated rings. The van der Waals surface area contributed by atoms with Gasteiger partial charge in [0.1, 0.15) is 0 Å². The molecule has 0 aliphatic carbocycles. The van der Waals surface area contributed by atoms with E-state index in [0.717, 1.165) is 15.2 Å². The Bertz CT molecular complexity index is 981. The number of aromatic nitrogens is 1. The highest BCUT2D eigenvalue weighted by Gasteiger charge is 2.26. The summed E-state index contributed by atoms with van der Waals surface area (Å²) < 4.78 is 33.1. The number of aryl methyl sites for hydroxylation is 1. The smallest absolute Gasteiger partial charge is 0.409 e. The molecule has 1 aliphatic rings. The minimum atomic E-state index is -3.81. The van der Waals surface area contributed by atoms with Crippen molar-refractivity contribution in [1.29, 1.82) is 0 Å². The Morgan fingerprint density at radius 1 is 1.21 bits per heavy atom. The van der Waals surface area contributed by atoms with E-state index in [1.165, 1.54) is 27.2 Å². The van der Waals surface area contributed by atoms with Gasteiger partial charge in [0, 0.05) is 26.2 Å². The third-order valence-corrected chi connectivity index (χ3v) is 6.68. The average molecular weight is 427 g/mol. The van der Waals surface area contributed by atoms with Crippen LogP contribution in [0.25, 0.3) is 10.2 Å². The van der Waals surface area contributed by atoms with Gasteiger partial charge in [-0.15, -0.1) is 11.3 Å². The van der Waals surface area contributed by atoms with Crippen LogP contribution in [0, 0.1) is 6.92 Å². The second-order valence-electron chi connectivity index (χ2n) is 6.25. The minimum Gasteiger partial charge on any atom is -0.450 e. The molecule has 2 aromatic rings. The topological polar surface area (TPSA) is 109 Å². The summed E-state index contributed by atoms with van der Waals surface area (Å²) in [6.45, 7) is 4.96. The summed E-state index contributed by atoms with van der Waals surface area (Å²) in [4.78, 5) is 31.5. The van der Waals surface area contributed by atoms with E-state index in [1.807, 2.05) is 6.92 Å². The number of amides is 2. The van der Waals surface area contributed by atoms with E-state index < -0.39 is 16.1 Å². The van der Waals surface area contributed by atoms with E-state index in [2.05, 4.69) is 9.71 Å². The van der Waals surface area contributed by atoms with Gasteiger partial charge in [-0.05, 0) is 32.0 Å². The Hall–Kier alpha value is -2.24. The van der Waals surface area contributed by atoms with Crippen molar-refractivity contribution in [2.45, 2.75) is 18.7 Å². The number of thiazole rings is 1. The molecule has 1 aliphatic heterocycles. The number of nitrogens with zero attached hydrogens (tertiary/aromatic N) is 3. The Labute approximate surface area is 167 Å². The van der Waals surface area contributed by atoms with E-state index in [0.29, 0.717) is 32.8 Å². The van der Waals surface area contributed by atoms with E-state index >= 15 is 0 Å². The van der Waals surface area contributed by atoms with Crippen LogP contribution in [0.2, 0.25) is 0 Å². The molecule has 0 radical (unpaired) electrons. The van der Waals surface area contributed by atoms with Gasteiger partial charge in [0.2, 0.25) is 15.9 Å². The standard InChI is InChI=1S/C17H22N4O5S2/c1-3-26-17(23)21-8-6-20(7-9-21)16(22)11-18-28(24,25)13-4-5-14-15(10-13)27-12(2)19-14/h4-5,10,18H,3,6-9,11H2,1-2H3. The number of hydrogen-bond acceptors (Lipinski definition) is 7. The van der Waals surface area contributed by atoms with Crippen molar-refractivity contribution in [2.75, 3.05) is 39.3 Å². The van der Waals surface area contributed by atoms with E-state index in [1.54, 1.807) is 19.1 Å². The molecule has 0 saturated carbocycles. The molecule has 0 spiro atoms. The molecule has 1 aromatic carbocycles. The fourth-order valence-electron chi connectivity index (χ4n) is 2.89. The number of benzene rings is 1. The Morgan fingerprint density at radius 2 is 1.89 bits per heavy atom. The maximum Gasteiger partial charge on any atom is 0.409 e. The van der Waals surface area contributed by atoms with Crippen LogP contribution in [0.3, 0.4) is 0 Å². The highest BCUT2D eigenvalue weighted by Crippen LogP contribution is 2.24. The van der Waals surface area contributed by atoms with Crippen molar-refractivity contribution in [3.63, 3.8) is 0 Å². The monoisotopic (exact) mass is 426 g/mol. The largest absolute Gasteiger partial charge is 0.450 e. The summed E-state index contributed by atoms with van der Waals surface area (Å²) >= 11 is 1.41. The number of sulfonamides is 1. The van der Waals surface area contributed by atoms with Crippen molar-refractivity contribution in [2.24, 2.45) is 0 Å². The van der Waals surface area contributed by atoms with Crippen LogP contribution >= 0.6 is 11.3 Å². The van der Waals surface area contributed by atoms with Crippen LogP contribution in [-0.2, 0) is 19.6 Å². The molecule has 0 unspecified atom stereocenters. The maximum atomic E-state index is 12.5. The van der Waals surface area contributed by atoms with Crippen molar-refractivity contribution < 1.29 is 22.7 Å². The number of rotatable bonds is 5. The predicted molar refractivity (Wildman–Crippen MR) is 105 cm³/mol. The SMILES string of the molecule is CCOC(=O)N1CCN(C(=O)CNS(=O)(=O)c2ccc3nc(C)sc3c2)CC1. The van der Waals surface area contributed by atoms with Gasteiger partial charge in [0.05, 0.1) is 33.3 Å². The van der Waals surface area contributed by atoms with Gasteiger partial charge in [-0.1, -0.05) is 0 Å². The number of piperazine rings is 1. The number of carbonyl (C=O) groups is 2. The second kappa shape index (κ2) is 8.41.